The fourth-order valence-corrected chi connectivity index (χ4v) is 2.15. The lowest BCUT2D eigenvalue weighted by atomic mass is 10.00. The second kappa shape index (κ2) is 7.01. The second-order valence-electron chi connectivity index (χ2n) is 4.87. The van der Waals surface area contributed by atoms with Crippen molar-refractivity contribution in [3.63, 3.8) is 0 Å². The second-order valence-corrected chi connectivity index (χ2v) is 4.87. The van der Waals surface area contributed by atoms with Crippen molar-refractivity contribution in [1.29, 1.82) is 0 Å². The third kappa shape index (κ3) is 3.54. The first-order chi connectivity index (χ1) is 9.72. The molecule has 0 saturated heterocycles. The van der Waals surface area contributed by atoms with Crippen LogP contribution in [0, 0.1) is 0 Å². The van der Waals surface area contributed by atoms with E-state index in [-0.39, 0.29) is 12.1 Å². The molecule has 0 aliphatic carbocycles. The fourth-order valence-electron chi connectivity index (χ4n) is 2.15. The molecule has 0 saturated carbocycles. The molecule has 106 valence electrons. The molecule has 1 N–H and O–H groups in total. The number of benzene rings is 1. The first-order valence-corrected chi connectivity index (χ1v) is 6.96. The average Bonchev–Trinajstić information content (AvgIpc) is 2.46. The minimum absolute atomic E-state index is 0.0381. The van der Waals surface area contributed by atoms with E-state index in [1.54, 1.807) is 6.33 Å². The minimum atomic E-state index is 0.0381. The maximum Gasteiger partial charge on any atom is 0.124 e. The van der Waals surface area contributed by atoms with Gasteiger partial charge in [-0.2, -0.15) is 0 Å². The maximum absolute atomic E-state index is 5.91. The molecule has 2 rings (SSSR count). The van der Waals surface area contributed by atoms with Gasteiger partial charge in [0.2, 0.25) is 0 Å². The molecule has 1 heterocycles. The Labute approximate surface area is 120 Å². The van der Waals surface area contributed by atoms with E-state index < -0.39 is 0 Å². The van der Waals surface area contributed by atoms with Crippen LogP contribution in [-0.2, 0) is 0 Å². The van der Waals surface area contributed by atoms with Crippen LogP contribution in [0.1, 0.15) is 37.9 Å². The standard InChI is InChI=1S/C16H21N3O/c1-4-19-16(13-9-17-11-18-10-13)14-7-5-6-8-15(14)20-12(2)3/h5-12,16,19H,4H2,1-3H3. The normalized spacial score (nSPS) is 12.4. The van der Waals surface area contributed by atoms with Crippen molar-refractivity contribution in [2.24, 2.45) is 0 Å². The summed E-state index contributed by atoms with van der Waals surface area (Å²) in [6.45, 7) is 7.01. The van der Waals surface area contributed by atoms with Crippen LogP contribution in [-0.4, -0.2) is 22.6 Å². The number of hydrogen-bond donors (Lipinski definition) is 1. The maximum atomic E-state index is 5.91. The van der Waals surface area contributed by atoms with Gasteiger partial charge in [0, 0.05) is 23.5 Å². The molecule has 0 aliphatic heterocycles. The van der Waals surface area contributed by atoms with Gasteiger partial charge in [0.15, 0.2) is 0 Å². The zero-order valence-corrected chi connectivity index (χ0v) is 12.2. The summed E-state index contributed by atoms with van der Waals surface area (Å²) >= 11 is 0. The summed E-state index contributed by atoms with van der Waals surface area (Å²) in [5.74, 6) is 0.900. The van der Waals surface area contributed by atoms with Gasteiger partial charge in [-0.3, -0.25) is 0 Å². The van der Waals surface area contributed by atoms with Crippen molar-refractivity contribution in [1.82, 2.24) is 15.3 Å². The van der Waals surface area contributed by atoms with Crippen LogP contribution in [0.15, 0.2) is 43.0 Å². The molecule has 0 spiro atoms. The molecule has 0 radical (unpaired) electrons. The fraction of sp³-hybridized carbons (Fsp3) is 0.375. The number of nitrogens with one attached hydrogen (secondary N) is 1. The molecule has 0 aliphatic rings. The molecule has 4 nitrogen and oxygen atoms in total. The molecule has 1 aromatic carbocycles. The van der Waals surface area contributed by atoms with Crippen molar-refractivity contribution >= 4 is 0 Å². The molecule has 1 atom stereocenters. The van der Waals surface area contributed by atoms with Gasteiger partial charge >= 0.3 is 0 Å². The third-order valence-electron chi connectivity index (χ3n) is 2.91. The summed E-state index contributed by atoms with van der Waals surface area (Å²) in [6.07, 6.45) is 5.37. The van der Waals surface area contributed by atoms with Gasteiger partial charge in [0.25, 0.3) is 0 Å². The number of rotatable bonds is 6. The van der Waals surface area contributed by atoms with Gasteiger partial charge in [0.05, 0.1) is 12.1 Å². The van der Waals surface area contributed by atoms with Crippen molar-refractivity contribution in [2.45, 2.75) is 32.9 Å². The molecule has 0 amide bonds. The number of ether oxygens (including phenoxy) is 1. The number of para-hydroxylation sites is 1. The van der Waals surface area contributed by atoms with Crippen LogP contribution in [0.3, 0.4) is 0 Å². The molecule has 0 bridgehead atoms. The summed E-state index contributed by atoms with van der Waals surface area (Å²) in [4.78, 5) is 8.22. The zero-order chi connectivity index (χ0) is 14.4. The van der Waals surface area contributed by atoms with E-state index >= 15 is 0 Å². The van der Waals surface area contributed by atoms with Gasteiger partial charge in [0.1, 0.15) is 12.1 Å². The van der Waals surface area contributed by atoms with E-state index in [9.17, 15) is 0 Å². The topological polar surface area (TPSA) is 47.0 Å². The Morgan fingerprint density at radius 2 is 1.85 bits per heavy atom. The minimum Gasteiger partial charge on any atom is -0.491 e. The number of aromatic nitrogens is 2. The summed E-state index contributed by atoms with van der Waals surface area (Å²) in [5.41, 5.74) is 2.15. The van der Waals surface area contributed by atoms with E-state index in [0.717, 1.165) is 23.4 Å². The van der Waals surface area contributed by atoms with Crippen LogP contribution >= 0.6 is 0 Å². The molecular formula is C16H21N3O. The highest BCUT2D eigenvalue weighted by Gasteiger charge is 2.18. The van der Waals surface area contributed by atoms with Crippen molar-refractivity contribution in [2.75, 3.05) is 6.54 Å². The average molecular weight is 271 g/mol. The molecule has 0 fully saturated rings. The third-order valence-corrected chi connectivity index (χ3v) is 2.91. The lowest BCUT2D eigenvalue weighted by Gasteiger charge is -2.22. The van der Waals surface area contributed by atoms with E-state index in [4.69, 9.17) is 4.74 Å². The van der Waals surface area contributed by atoms with Gasteiger partial charge in [-0.25, -0.2) is 9.97 Å². The highest BCUT2D eigenvalue weighted by Crippen LogP contribution is 2.30. The summed E-state index contributed by atoms with van der Waals surface area (Å²) in [6, 6.07) is 8.14. The van der Waals surface area contributed by atoms with Crippen molar-refractivity contribution in [3.05, 3.63) is 54.1 Å². The van der Waals surface area contributed by atoms with Crippen molar-refractivity contribution < 1.29 is 4.74 Å². The SMILES string of the molecule is CCNC(c1cncnc1)c1ccccc1OC(C)C. The number of nitrogens with zero attached hydrogens (tertiary/aromatic N) is 2. The Bertz CT molecular complexity index is 528. The Hall–Kier alpha value is -1.94. The Morgan fingerprint density at radius 3 is 2.50 bits per heavy atom. The van der Waals surface area contributed by atoms with Gasteiger partial charge in [-0.15, -0.1) is 0 Å². The van der Waals surface area contributed by atoms with Gasteiger partial charge in [-0.1, -0.05) is 25.1 Å². The molecule has 2 aromatic rings. The molecule has 4 heteroatoms. The summed E-state index contributed by atoms with van der Waals surface area (Å²) < 4.78 is 5.91. The quantitative estimate of drug-likeness (QED) is 0.877. The Morgan fingerprint density at radius 1 is 1.15 bits per heavy atom. The summed E-state index contributed by atoms with van der Waals surface area (Å²) in [5, 5.41) is 3.47. The largest absolute Gasteiger partial charge is 0.491 e. The van der Waals surface area contributed by atoms with E-state index in [2.05, 4.69) is 28.3 Å². The van der Waals surface area contributed by atoms with Gasteiger partial charge < -0.3 is 10.1 Å². The van der Waals surface area contributed by atoms with Crippen LogP contribution in [0.25, 0.3) is 0 Å². The predicted octanol–water partition coefficient (Wildman–Crippen LogP) is 2.96. The van der Waals surface area contributed by atoms with Crippen LogP contribution < -0.4 is 10.1 Å². The highest BCUT2D eigenvalue weighted by molar-refractivity contribution is 5.40. The molecule has 1 unspecified atom stereocenters. The Balaban J connectivity index is 2.39. The van der Waals surface area contributed by atoms with Crippen LogP contribution in [0.4, 0.5) is 0 Å². The number of hydrogen-bond acceptors (Lipinski definition) is 4. The highest BCUT2D eigenvalue weighted by atomic mass is 16.5. The first-order valence-electron chi connectivity index (χ1n) is 6.96. The van der Waals surface area contributed by atoms with E-state index in [0.29, 0.717) is 0 Å². The van der Waals surface area contributed by atoms with Crippen LogP contribution in [0.2, 0.25) is 0 Å². The lowest BCUT2D eigenvalue weighted by molar-refractivity contribution is 0.238. The van der Waals surface area contributed by atoms with Crippen molar-refractivity contribution in [3.8, 4) is 5.75 Å². The van der Waals surface area contributed by atoms with Gasteiger partial charge in [-0.05, 0) is 26.5 Å². The zero-order valence-electron chi connectivity index (χ0n) is 12.2. The smallest absolute Gasteiger partial charge is 0.124 e. The molecule has 20 heavy (non-hydrogen) atoms. The van der Waals surface area contributed by atoms with E-state index in [1.165, 1.54) is 0 Å². The molecule has 1 aromatic heterocycles. The lowest BCUT2D eigenvalue weighted by Crippen LogP contribution is -2.23. The predicted molar refractivity (Wildman–Crippen MR) is 79.8 cm³/mol. The monoisotopic (exact) mass is 271 g/mol. The Kier molecular flexibility index (Phi) is 5.07. The molecular weight excluding hydrogens is 250 g/mol. The van der Waals surface area contributed by atoms with Crippen LogP contribution in [0.5, 0.6) is 5.75 Å². The summed E-state index contributed by atoms with van der Waals surface area (Å²) in [7, 11) is 0. The first kappa shape index (κ1) is 14.5. The van der Waals surface area contributed by atoms with E-state index in [1.807, 2.05) is 44.4 Å².